The van der Waals surface area contributed by atoms with Gasteiger partial charge in [-0.3, -0.25) is 0 Å². The predicted octanol–water partition coefficient (Wildman–Crippen LogP) is 11.3. The first-order valence-electron chi connectivity index (χ1n) is 12.9. The van der Waals surface area contributed by atoms with Crippen LogP contribution in [-0.4, -0.2) is 4.98 Å². The normalized spacial score (nSPS) is 11.3. The van der Waals surface area contributed by atoms with E-state index in [1.807, 2.05) is 36.4 Å². The zero-order chi connectivity index (χ0) is 26.3. The lowest BCUT2D eigenvalue weighted by molar-refractivity contribution is 1.52. The largest absolute Gasteiger partial charge is 0.353 e. The fourth-order valence-electron chi connectivity index (χ4n) is 5.63. The molecule has 7 aromatic rings. The van der Waals surface area contributed by atoms with Crippen LogP contribution in [-0.2, 0) is 0 Å². The molecule has 39 heavy (non-hydrogen) atoms. The molecule has 0 aliphatic heterocycles. The summed E-state index contributed by atoms with van der Waals surface area (Å²) in [4.78, 5) is 3.87. The van der Waals surface area contributed by atoms with Gasteiger partial charge in [0.15, 0.2) is 0 Å². The fraction of sp³-hybridized carbons (Fsp3) is 0. The van der Waals surface area contributed by atoms with E-state index in [4.69, 9.17) is 23.2 Å². The molecule has 1 nitrogen and oxygen atoms in total. The van der Waals surface area contributed by atoms with E-state index in [1.165, 1.54) is 21.9 Å². The van der Waals surface area contributed by atoms with Crippen molar-refractivity contribution in [2.75, 3.05) is 0 Å². The van der Waals surface area contributed by atoms with Crippen molar-refractivity contribution in [3.8, 4) is 44.5 Å². The number of hydrogen-bond acceptors (Lipinski definition) is 0. The van der Waals surface area contributed by atoms with Crippen LogP contribution in [0.3, 0.4) is 0 Å². The number of hydrogen-bond donors (Lipinski definition) is 1. The third-order valence-corrected chi connectivity index (χ3v) is 8.07. The fourth-order valence-corrected chi connectivity index (χ4v) is 6.11. The maximum Gasteiger partial charge on any atom is 0.0551 e. The third kappa shape index (κ3) is 4.03. The van der Waals surface area contributed by atoms with Crippen molar-refractivity contribution in [1.82, 2.24) is 4.98 Å². The van der Waals surface area contributed by atoms with E-state index in [9.17, 15) is 0 Å². The van der Waals surface area contributed by atoms with Gasteiger partial charge in [0.2, 0.25) is 0 Å². The van der Waals surface area contributed by atoms with Crippen LogP contribution in [0.5, 0.6) is 0 Å². The smallest absolute Gasteiger partial charge is 0.0551 e. The summed E-state index contributed by atoms with van der Waals surface area (Å²) in [6.45, 7) is 0. The minimum Gasteiger partial charge on any atom is -0.353 e. The molecule has 0 bridgehead atoms. The number of nitrogens with one attached hydrogen (secondary N) is 1. The molecule has 0 unspecified atom stereocenters. The number of rotatable bonds is 4. The summed E-state index contributed by atoms with van der Waals surface area (Å²) in [7, 11) is 0. The van der Waals surface area contributed by atoms with Crippen LogP contribution in [0.15, 0.2) is 133 Å². The summed E-state index contributed by atoms with van der Waals surface area (Å²) >= 11 is 13.5. The van der Waals surface area contributed by atoms with E-state index in [-0.39, 0.29) is 0 Å². The molecule has 0 radical (unpaired) electrons. The Hall–Kier alpha value is -4.30. The molecule has 0 amide bonds. The van der Waals surface area contributed by atoms with E-state index in [0.29, 0.717) is 0 Å². The zero-order valence-corrected chi connectivity index (χ0v) is 22.5. The van der Waals surface area contributed by atoms with Crippen LogP contribution in [0.4, 0.5) is 0 Å². The number of aromatic nitrogens is 1. The Morgan fingerprint density at radius 3 is 1.10 bits per heavy atom. The van der Waals surface area contributed by atoms with E-state index >= 15 is 0 Å². The summed E-state index contributed by atoms with van der Waals surface area (Å²) in [5.41, 5.74) is 10.9. The van der Waals surface area contributed by atoms with Crippen LogP contribution in [0.2, 0.25) is 10.0 Å². The summed E-state index contributed by atoms with van der Waals surface area (Å²) in [5.74, 6) is 0. The van der Waals surface area contributed by atoms with Gasteiger partial charge in [0.25, 0.3) is 0 Å². The average Bonchev–Trinajstić information content (AvgIpc) is 3.39. The third-order valence-electron chi connectivity index (χ3n) is 7.41. The highest BCUT2D eigenvalue weighted by Gasteiger charge is 2.21. The van der Waals surface area contributed by atoms with Gasteiger partial charge in [-0.1, -0.05) is 145 Å². The van der Waals surface area contributed by atoms with Gasteiger partial charge in [-0.2, -0.15) is 0 Å². The highest BCUT2D eigenvalue weighted by Crippen LogP contribution is 2.47. The second kappa shape index (κ2) is 9.78. The Morgan fingerprint density at radius 1 is 0.333 bits per heavy atom. The second-order valence-electron chi connectivity index (χ2n) is 9.64. The van der Waals surface area contributed by atoms with Crippen LogP contribution >= 0.6 is 23.2 Å². The Kier molecular flexibility index (Phi) is 5.97. The Balaban J connectivity index is 1.70. The molecule has 186 valence electrons. The van der Waals surface area contributed by atoms with Crippen molar-refractivity contribution in [1.29, 1.82) is 0 Å². The van der Waals surface area contributed by atoms with Crippen LogP contribution in [0.1, 0.15) is 0 Å². The van der Waals surface area contributed by atoms with Gasteiger partial charge in [-0.15, -0.1) is 0 Å². The molecule has 1 heterocycles. The summed E-state index contributed by atoms with van der Waals surface area (Å²) in [5, 5.41) is 3.78. The lowest BCUT2D eigenvalue weighted by Gasteiger charge is -2.13. The molecule has 0 fully saturated rings. The molecule has 0 spiro atoms. The monoisotopic (exact) mass is 539 g/mol. The molecule has 0 saturated heterocycles. The lowest BCUT2D eigenvalue weighted by Crippen LogP contribution is -1.87. The van der Waals surface area contributed by atoms with Gasteiger partial charge < -0.3 is 4.98 Å². The molecule has 0 saturated carbocycles. The number of halogens is 2. The Morgan fingerprint density at radius 2 is 0.692 bits per heavy atom. The number of H-pyrrole nitrogens is 1. The minimum atomic E-state index is 0.722. The summed E-state index contributed by atoms with van der Waals surface area (Å²) < 4.78 is 0. The van der Waals surface area contributed by atoms with Gasteiger partial charge in [0.05, 0.1) is 11.0 Å². The maximum atomic E-state index is 6.76. The van der Waals surface area contributed by atoms with Crippen molar-refractivity contribution < 1.29 is 0 Å². The number of fused-ring (bicyclic) bond motifs is 3. The first-order chi connectivity index (χ1) is 19.2. The molecular formula is C36H23Cl2N. The van der Waals surface area contributed by atoms with Crippen LogP contribution < -0.4 is 0 Å². The summed E-state index contributed by atoms with van der Waals surface area (Å²) in [6.07, 6.45) is 0. The van der Waals surface area contributed by atoms with Gasteiger partial charge in [-0.25, -0.2) is 0 Å². The van der Waals surface area contributed by atoms with Crippen molar-refractivity contribution in [3.63, 3.8) is 0 Å². The average molecular weight is 540 g/mol. The molecule has 3 heteroatoms. The SMILES string of the molecule is Clc1ccccc1-c1ccc(-c2ccccc2)c2c1[nH]c1c(-c3ccccc3Cl)ccc(-c3ccccc3)c12. The van der Waals surface area contributed by atoms with E-state index < -0.39 is 0 Å². The van der Waals surface area contributed by atoms with Gasteiger partial charge >= 0.3 is 0 Å². The molecule has 7 rings (SSSR count). The Bertz CT molecular complexity index is 1830. The first kappa shape index (κ1) is 23.8. The summed E-state index contributed by atoms with van der Waals surface area (Å²) in [6, 6.07) is 46.0. The van der Waals surface area contributed by atoms with Crippen LogP contribution in [0, 0.1) is 0 Å². The molecule has 1 aromatic heterocycles. The van der Waals surface area contributed by atoms with Crippen molar-refractivity contribution in [3.05, 3.63) is 144 Å². The second-order valence-corrected chi connectivity index (χ2v) is 10.5. The van der Waals surface area contributed by atoms with Crippen molar-refractivity contribution >= 4 is 45.0 Å². The molecular weight excluding hydrogens is 517 g/mol. The van der Waals surface area contributed by atoms with Gasteiger partial charge in [0.1, 0.15) is 0 Å². The molecule has 0 aliphatic rings. The highest BCUT2D eigenvalue weighted by atomic mass is 35.5. The zero-order valence-electron chi connectivity index (χ0n) is 21.0. The first-order valence-corrected chi connectivity index (χ1v) is 13.7. The molecule has 6 aromatic carbocycles. The number of benzene rings is 6. The van der Waals surface area contributed by atoms with E-state index in [1.54, 1.807) is 0 Å². The van der Waals surface area contributed by atoms with E-state index in [2.05, 4.69) is 102 Å². The van der Waals surface area contributed by atoms with E-state index in [0.717, 1.165) is 54.5 Å². The minimum absolute atomic E-state index is 0.722. The molecule has 0 atom stereocenters. The highest BCUT2D eigenvalue weighted by molar-refractivity contribution is 6.35. The standard InChI is InChI=1S/C36H23Cl2N/c37-31-17-9-7-15-27(31)29-21-19-25(23-11-3-1-4-12-23)33-34-26(24-13-5-2-6-14-24)20-22-30(36(34)39-35(29)33)28-16-8-10-18-32(28)38/h1-22,39H. The van der Waals surface area contributed by atoms with Crippen molar-refractivity contribution in [2.45, 2.75) is 0 Å². The quantitative estimate of drug-likeness (QED) is 0.229. The molecule has 1 N–H and O–H groups in total. The van der Waals surface area contributed by atoms with Gasteiger partial charge in [-0.05, 0) is 34.4 Å². The van der Waals surface area contributed by atoms with Crippen molar-refractivity contribution in [2.24, 2.45) is 0 Å². The van der Waals surface area contributed by atoms with Crippen LogP contribution in [0.25, 0.3) is 66.3 Å². The number of aromatic amines is 1. The maximum absolute atomic E-state index is 6.76. The predicted molar refractivity (Wildman–Crippen MR) is 168 cm³/mol. The topological polar surface area (TPSA) is 15.8 Å². The molecule has 0 aliphatic carbocycles. The van der Waals surface area contributed by atoms with Gasteiger partial charge in [0, 0.05) is 43.1 Å². The Labute approximate surface area is 237 Å². The lowest BCUT2D eigenvalue weighted by atomic mass is 9.90.